The second-order valence-electron chi connectivity index (χ2n) is 4.53. The minimum absolute atomic E-state index is 0.00687. The van der Waals surface area contributed by atoms with Gasteiger partial charge in [-0.2, -0.15) is 0 Å². The van der Waals surface area contributed by atoms with Crippen LogP contribution >= 0.6 is 0 Å². The monoisotopic (exact) mass is 245 g/mol. The number of hydrogen-bond acceptors (Lipinski definition) is 3. The highest BCUT2D eigenvalue weighted by molar-refractivity contribution is 6.01. The summed E-state index contributed by atoms with van der Waals surface area (Å²) in [7, 11) is 0. The number of aromatic hydroxyl groups is 2. The summed E-state index contributed by atoms with van der Waals surface area (Å²) in [5, 5.41) is 23.4. The Kier molecular flexibility index (Phi) is 3.10. The van der Waals surface area contributed by atoms with Crippen LogP contribution in [0.25, 0.3) is 10.8 Å². The molecule has 18 heavy (non-hydrogen) atoms. The SMILES string of the molecule is CC(C)NC(=O)c1cc2ccc(O)cc2cc1O. The Morgan fingerprint density at radius 3 is 2.50 bits per heavy atom. The predicted molar refractivity (Wildman–Crippen MR) is 69.9 cm³/mol. The molecule has 0 heterocycles. The van der Waals surface area contributed by atoms with Crippen molar-refractivity contribution in [1.29, 1.82) is 0 Å². The highest BCUT2D eigenvalue weighted by Crippen LogP contribution is 2.27. The Labute approximate surface area is 105 Å². The van der Waals surface area contributed by atoms with Crippen molar-refractivity contribution in [3.63, 3.8) is 0 Å². The maximum absolute atomic E-state index is 11.9. The first-order valence-corrected chi connectivity index (χ1v) is 5.74. The number of benzene rings is 2. The van der Waals surface area contributed by atoms with E-state index in [0.29, 0.717) is 5.39 Å². The summed E-state index contributed by atoms with van der Waals surface area (Å²) in [4.78, 5) is 11.9. The van der Waals surface area contributed by atoms with Gasteiger partial charge < -0.3 is 15.5 Å². The summed E-state index contributed by atoms with van der Waals surface area (Å²) in [5.41, 5.74) is 0.238. The fraction of sp³-hybridized carbons (Fsp3) is 0.214. The number of fused-ring (bicyclic) bond motifs is 1. The highest BCUT2D eigenvalue weighted by atomic mass is 16.3. The van der Waals surface area contributed by atoms with Crippen LogP contribution in [0, 0.1) is 0 Å². The van der Waals surface area contributed by atoms with Crippen molar-refractivity contribution in [2.45, 2.75) is 19.9 Å². The molecule has 3 N–H and O–H groups in total. The van der Waals surface area contributed by atoms with Gasteiger partial charge in [0, 0.05) is 6.04 Å². The summed E-state index contributed by atoms with van der Waals surface area (Å²) >= 11 is 0. The van der Waals surface area contributed by atoms with Gasteiger partial charge in [0.15, 0.2) is 0 Å². The third-order valence-corrected chi connectivity index (χ3v) is 2.60. The van der Waals surface area contributed by atoms with Gasteiger partial charge in [0.1, 0.15) is 11.5 Å². The molecule has 4 heteroatoms. The van der Waals surface area contributed by atoms with Gasteiger partial charge >= 0.3 is 0 Å². The van der Waals surface area contributed by atoms with Crippen LogP contribution in [0.5, 0.6) is 11.5 Å². The Hall–Kier alpha value is -2.23. The maximum Gasteiger partial charge on any atom is 0.255 e. The molecule has 1 amide bonds. The van der Waals surface area contributed by atoms with Gasteiger partial charge in [-0.15, -0.1) is 0 Å². The Morgan fingerprint density at radius 2 is 1.83 bits per heavy atom. The average molecular weight is 245 g/mol. The molecule has 0 saturated heterocycles. The van der Waals surface area contributed by atoms with E-state index in [4.69, 9.17) is 0 Å². The number of rotatable bonds is 2. The van der Waals surface area contributed by atoms with E-state index >= 15 is 0 Å². The summed E-state index contributed by atoms with van der Waals surface area (Å²) < 4.78 is 0. The maximum atomic E-state index is 11.9. The van der Waals surface area contributed by atoms with E-state index in [-0.39, 0.29) is 29.0 Å². The molecule has 94 valence electrons. The molecule has 0 aliphatic heterocycles. The van der Waals surface area contributed by atoms with Gasteiger partial charge in [-0.25, -0.2) is 0 Å². The lowest BCUT2D eigenvalue weighted by molar-refractivity contribution is 0.0940. The van der Waals surface area contributed by atoms with Crippen molar-refractivity contribution in [2.24, 2.45) is 0 Å². The van der Waals surface area contributed by atoms with Gasteiger partial charge in [0.25, 0.3) is 5.91 Å². The zero-order valence-electron chi connectivity index (χ0n) is 10.3. The first kappa shape index (κ1) is 12.2. The van der Waals surface area contributed by atoms with Gasteiger partial charge in [0.2, 0.25) is 0 Å². The topological polar surface area (TPSA) is 69.6 Å². The van der Waals surface area contributed by atoms with Crippen LogP contribution in [-0.4, -0.2) is 22.2 Å². The van der Waals surface area contributed by atoms with E-state index < -0.39 is 0 Å². The molecule has 2 aromatic carbocycles. The number of hydrogen-bond donors (Lipinski definition) is 3. The Balaban J connectivity index is 2.49. The molecule has 0 spiro atoms. The number of carbonyl (C=O) groups is 1. The molecule has 0 bridgehead atoms. The first-order valence-electron chi connectivity index (χ1n) is 5.74. The molecule has 0 fully saturated rings. The average Bonchev–Trinajstić information content (AvgIpc) is 2.26. The summed E-state index contributed by atoms with van der Waals surface area (Å²) in [6, 6.07) is 7.89. The largest absolute Gasteiger partial charge is 0.508 e. The fourth-order valence-corrected chi connectivity index (χ4v) is 1.79. The molecule has 4 nitrogen and oxygen atoms in total. The molecule has 0 unspecified atom stereocenters. The zero-order valence-corrected chi connectivity index (χ0v) is 10.3. The minimum atomic E-state index is -0.308. The van der Waals surface area contributed by atoms with Crippen LogP contribution in [0.4, 0.5) is 0 Å². The molecule has 0 radical (unpaired) electrons. The number of carbonyl (C=O) groups excluding carboxylic acids is 1. The van der Waals surface area contributed by atoms with Gasteiger partial charge in [-0.05, 0) is 48.9 Å². The van der Waals surface area contributed by atoms with Crippen LogP contribution in [0.2, 0.25) is 0 Å². The van der Waals surface area contributed by atoms with Crippen LogP contribution in [0.1, 0.15) is 24.2 Å². The van der Waals surface area contributed by atoms with E-state index in [2.05, 4.69) is 5.32 Å². The Morgan fingerprint density at radius 1 is 1.11 bits per heavy atom. The smallest absolute Gasteiger partial charge is 0.255 e. The number of nitrogens with one attached hydrogen (secondary N) is 1. The lowest BCUT2D eigenvalue weighted by Gasteiger charge is -2.10. The van der Waals surface area contributed by atoms with Crippen LogP contribution in [-0.2, 0) is 0 Å². The van der Waals surface area contributed by atoms with Crippen LogP contribution in [0.15, 0.2) is 30.3 Å². The van der Waals surface area contributed by atoms with Crippen molar-refractivity contribution in [1.82, 2.24) is 5.32 Å². The number of phenols is 2. The molecule has 0 atom stereocenters. The van der Waals surface area contributed by atoms with E-state index in [1.54, 1.807) is 24.3 Å². The molecule has 0 aromatic heterocycles. The van der Waals surface area contributed by atoms with Gasteiger partial charge in [-0.1, -0.05) is 6.07 Å². The summed E-state index contributed by atoms with van der Waals surface area (Å²) in [5.74, 6) is -0.273. The lowest BCUT2D eigenvalue weighted by Crippen LogP contribution is -2.30. The molecular weight excluding hydrogens is 230 g/mol. The van der Waals surface area contributed by atoms with Gasteiger partial charge in [-0.3, -0.25) is 4.79 Å². The molecule has 2 rings (SSSR count). The molecular formula is C14H15NO3. The molecule has 0 aliphatic rings. The molecule has 2 aromatic rings. The second kappa shape index (κ2) is 4.56. The highest BCUT2D eigenvalue weighted by Gasteiger charge is 2.13. The number of amides is 1. The number of phenolic OH excluding ortho intramolecular Hbond substituents is 2. The quantitative estimate of drug-likeness (QED) is 0.760. The standard InChI is InChI=1S/C14H15NO3/c1-8(2)15-14(18)12-6-9-3-4-11(16)5-10(9)7-13(12)17/h3-8,16-17H,1-2H3,(H,15,18). The third-order valence-electron chi connectivity index (χ3n) is 2.60. The molecule has 0 aliphatic carbocycles. The van der Waals surface area contributed by atoms with Crippen molar-refractivity contribution < 1.29 is 15.0 Å². The van der Waals surface area contributed by atoms with E-state index in [9.17, 15) is 15.0 Å². The fourth-order valence-electron chi connectivity index (χ4n) is 1.79. The van der Waals surface area contributed by atoms with Crippen molar-refractivity contribution in [3.05, 3.63) is 35.9 Å². The Bertz CT molecular complexity index is 605. The summed E-state index contributed by atoms with van der Waals surface area (Å²) in [6.45, 7) is 3.71. The lowest BCUT2D eigenvalue weighted by atomic mass is 10.0. The van der Waals surface area contributed by atoms with Crippen LogP contribution < -0.4 is 5.32 Å². The van der Waals surface area contributed by atoms with Crippen molar-refractivity contribution in [2.75, 3.05) is 0 Å². The van der Waals surface area contributed by atoms with Gasteiger partial charge in [0.05, 0.1) is 5.56 Å². The molecule has 0 saturated carbocycles. The second-order valence-corrected chi connectivity index (χ2v) is 4.53. The zero-order chi connectivity index (χ0) is 13.3. The van der Waals surface area contributed by atoms with E-state index in [1.165, 1.54) is 6.07 Å². The van der Waals surface area contributed by atoms with Crippen LogP contribution in [0.3, 0.4) is 0 Å². The van der Waals surface area contributed by atoms with Crippen molar-refractivity contribution in [3.8, 4) is 11.5 Å². The predicted octanol–water partition coefficient (Wildman–Crippen LogP) is 2.39. The summed E-state index contributed by atoms with van der Waals surface area (Å²) in [6.07, 6.45) is 0. The minimum Gasteiger partial charge on any atom is -0.508 e. The first-order chi connectivity index (χ1) is 8.47. The van der Waals surface area contributed by atoms with Crippen molar-refractivity contribution >= 4 is 16.7 Å². The van der Waals surface area contributed by atoms with E-state index in [0.717, 1.165) is 5.39 Å². The normalized spacial score (nSPS) is 10.8. The third kappa shape index (κ3) is 2.37. The van der Waals surface area contributed by atoms with E-state index in [1.807, 2.05) is 13.8 Å².